The Bertz CT molecular complexity index is 807. The van der Waals surface area contributed by atoms with Gasteiger partial charge >= 0.3 is 5.97 Å². The van der Waals surface area contributed by atoms with Crippen LogP contribution in [0.4, 0.5) is 0 Å². The van der Waals surface area contributed by atoms with Gasteiger partial charge in [0.2, 0.25) is 0 Å². The minimum atomic E-state index is -3.22. The first kappa shape index (κ1) is 19.8. The minimum absolute atomic E-state index is 0.0818. The van der Waals surface area contributed by atoms with Crippen LogP contribution in [0.3, 0.4) is 0 Å². The summed E-state index contributed by atoms with van der Waals surface area (Å²) in [5.74, 6) is -1.63. The van der Waals surface area contributed by atoms with E-state index in [1.54, 1.807) is 25.1 Å². The Hall–Kier alpha value is -1.57. The lowest BCUT2D eigenvalue weighted by atomic mass is 10.1. The van der Waals surface area contributed by atoms with Crippen molar-refractivity contribution in [3.8, 4) is 0 Å². The Labute approximate surface area is 156 Å². The van der Waals surface area contributed by atoms with Gasteiger partial charge in [-0.3, -0.25) is 9.59 Å². The zero-order chi connectivity index (χ0) is 18.6. The zero-order valence-corrected chi connectivity index (χ0v) is 15.7. The average Bonchev–Trinajstić information content (AvgIpc) is 2.83. The van der Waals surface area contributed by atoms with E-state index in [0.717, 1.165) is 5.41 Å². The molecule has 6 nitrogen and oxygen atoms in total. The van der Waals surface area contributed by atoms with E-state index in [1.165, 1.54) is 6.08 Å². The number of carbonyl (C=O) groups excluding carboxylic acids is 2. The van der Waals surface area contributed by atoms with Crippen molar-refractivity contribution in [1.82, 2.24) is 5.32 Å². The number of nitrogens with one attached hydrogen (secondary N) is 1. The molecule has 2 rings (SSSR count). The van der Waals surface area contributed by atoms with Crippen LogP contribution < -0.4 is 5.32 Å². The second-order valence-corrected chi connectivity index (χ2v) is 8.51. The lowest BCUT2D eigenvalue weighted by molar-refractivity contribution is -0.149. The molecule has 0 spiro atoms. The lowest BCUT2D eigenvalue weighted by Gasteiger charge is -2.16. The van der Waals surface area contributed by atoms with Gasteiger partial charge in [-0.2, -0.15) is 0 Å². The molecule has 0 aromatic heterocycles. The maximum Gasteiger partial charge on any atom is 0.306 e. The third-order valence-corrected chi connectivity index (χ3v) is 5.63. The van der Waals surface area contributed by atoms with Gasteiger partial charge in [0.15, 0.2) is 16.4 Å². The third kappa shape index (κ3) is 6.02. The summed E-state index contributed by atoms with van der Waals surface area (Å²) in [6.45, 7) is 1.29. The number of allylic oxidation sites excluding steroid dienone is 1. The monoisotopic (exact) mass is 405 g/mol. The van der Waals surface area contributed by atoms with Crippen molar-refractivity contribution in [2.24, 2.45) is 5.92 Å². The van der Waals surface area contributed by atoms with Crippen molar-refractivity contribution in [3.05, 3.63) is 45.3 Å². The molecule has 136 valence electrons. The van der Waals surface area contributed by atoms with Gasteiger partial charge in [-0.1, -0.05) is 35.3 Å². The van der Waals surface area contributed by atoms with Crippen LogP contribution in [0.1, 0.15) is 24.9 Å². The number of hydrogen-bond acceptors (Lipinski definition) is 5. The molecule has 0 aliphatic carbocycles. The average molecular weight is 406 g/mol. The van der Waals surface area contributed by atoms with E-state index >= 15 is 0 Å². The Kier molecular flexibility index (Phi) is 6.48. The zero-order valence-electron chi connectivity index (χ0n) is 13.4. The van der Waals surface area contributed by atoms with Gasteiger partial charge in [0.25, 0.3) is 5.91 Å². The maximum atomic E-state index is 11.9. The lowest BCUT2D eigenvalue weighted by Crippen LogP contribution is -2.31. The van der Waals surface area contributed by atoms with Crippen molar-refractivity contribution in [3.63, 3.8) is 0 Å². The van der Waals surface area contributed by atoms with Gasteiger partial charge in [0, 0.05) is 21.4 Å². The highest BCUT2D eigenvalue weighted by atomic mass is 35.5. The fourth-order valence-corrected chi connectivity index (χ4v) is 4.37. The van der Waals surface area contributed by atoms with Crippen molar-refractivity contribution in [2.45, 2.75) is 19.4 Å². The summed E-state index contributed by atoms with van der Waals surface area (Å²) in [5, 5.41) is 4.67. The number of benzene rings is 1. The number of amides is 1. The Balaban J connectivity index is 1.78. The topological polar surface area (TPSA) is 89.5 Å². The number of halogens is 2. The van der Waals surface area contributed by atoms with E-state index < -0.39 is 34.2 Å². The second-order valence-electron chi connectivity index (χ2n) is 5.74. The van der Waals surface area contributed by atoms with Gasteiger partial charge in [-0.05, 0) is 24.6 Å². The molecular weight excluding hydrogens is 389 g/mol. The smallest absolute Gasteiger partial charge is 0.306 e. The predicted molar refractivity (Wildman–Crippen MR) is 95.0 cm³/mol. The quantitative estimate of drug-likeness (QED) is 0.734. The van der Waals surface area contributed by atoms with Crippen LogP contribution >= 0.6 is 23.2 Å². The van der Waals surface area contributed by atoms with E-state index in [0.29, 0.717) is 15.6 Å². The standard InChI is InChI=1S/C16H17Cl2NO5S/c1-10(13-3-2-12(17)7-14(13)18)19-15(20)8-24-16(21)6-11-4-5-25(22,23)9-11/h2-5,7,10-11H,6,8-9H2,1H3,(H,19,20). The first-order valence-electron chi connectivity index (χ1n) is 7.47. The van der Waals surface area contributed by atoms with Crippen LogP contribution in [0.2, 0.25) is 10.0 Å². The van der Waals surface area contributed by atoms with Gasteiger partial charge in [0.1, 0.15) is 0 Å². The van der Waals surface area contributed by atoms with Gasteiger partial charge < -0.3 is 10.1 Å². The van der Waals surface area contributed by atoms with Crippen LogP contribution in [-0.2, 0) is 24.2 Å². The van der Waals surface area contributed by atoms with Crippen molar-refractivity contribution in [2.75, 3.05) is 12.4 Å². The largest absolute Gasteiger partial charge is 0.456 e. The molecule has 25 heavy (non-hydrogen) atoms. The normalized spacial score (nSPS) is 19.4. The molecule has 1 aliphatic heterocycles. The van der Waals surface area contributed by atoms with E-state index in [4.69, 9.17) is 27.9 Å². The number of carbonyl (C=O) groups is 2. The molecule has 0 bridgehead atoms. The summed E-state index contributed by atoms with van der Waals surface area (Å²) in [4.78, 5) is 23.6. The minimum Gasteiger partial charge on any atom is -0.456 e. The number of rotatable bonds is 6. The number of ether oxygens (including phenoxy) is 1. The SMILES string of the molecule is CC(NC(=O)COC(=O)CC1C=CS(=O)(=O)C1)c1ccc(Cl)cc1Cl. The molecule has 1 N–H and O–H groups in total. The van der Waals surface area contributed by atoms with Crippen molar-refractivity contribution < 1.29 is 22.7 Å². The highest BCUT2D eigenvalue weighted by Gasteiger charge is 2.24. The summed E-state index contributed by atoms with van der Waals surface area (Å²) in [7, 11) is -3.22. The molecule has 2 unspecified atom stereocenters. The molecule has 9 heteroatoms. The Morgan fingerprint density at radius 3 is 2.68 bits per heavy atom. The van der Waals surface area contributed by atoms with Gasteiger partial charge in [0.05, 0.1) is 18.2 Å². The highest BCUT2D eigenvalue weighted by molar-refractivity contribution is 7.94. The number of hydrogen-bond donors (Lipinski definition) is 1. The summed E-state index contributed by atoms with van der Waals surface area (Å²) in [5.41, 5.74) is 0.687. The number of sulfone groups is 1. The molecule has 1 aromatic carbocycles. The third-order valence-electron chi connectivity index (χ3n) is 3.60. The van der Waals surface area contributed by atoms with Crippen LogP contribution in [0.25, 0.3) is 0 Å². The maximum absolute atomic E-state index is 11.9. The second kappa shape index (κ2) is 8.21. The first-order chi connectivity index (χ1) is 11.7. The van der Waals surface area contributed by atoms with Crippen molar-refractivity contribution in [1.29, 1.82) is 0 Å². The number of esters is 1. The van der Waals surface area contributed by atoms with Crippen molar-refractivity contribution >= 4 is 44.9 Å². The van der Waals surface area contributed by atoms with E-state index in [9.17, 15) is 18.0 Å². The van der Waals surface area contributed by atoms with E-state index in [1.807, 2.05) is 0 Å². The fraction of sp³-hybridized carbons (Fsp3) is 0.375. The molecule has 0 saturated carbocycles. The van der Waals surface area contributed by atoms with Crippen LogP contribution in [-0.4, -0.2) is 32.7 Å². The van der Waals surface area contributed by atoms with E-state index in [2.05, 4.69) is 5.32 Å². The summed E-state index contributed by atoms with van der Waals surface area (Å²) < 4.78 is 27.4. The molecule has 1 amide bonds. The molecule has 1 heterocycles. The Morgan fingerprint density at radius 1 is 1.36 bits per heavy atom. The molecule has 1 aliphatic rings. The molecular formula is C16H17Cl2NO5S. The van der Waals surface area contributed by atoms with E-state index in [-0.39, 0.29) is 18.2 Å². The predicted octanol–water partition coefficient (Wildman–Crippen LogP) is 2.66. The van der Waals surface area contributed by atoms with Crippen LogP contribution in [0.5, 0.6) is 0 Å². The molecule has 0 saturated heterocycles. The molecule has 2 atom stereocenters. The van der Waals surface area contributed by atoms with Crippen LogP contribution in [0, 0.1) is 5.92 Å². The highest BCUT2D eigenvalue weighted by Crippen LogP contribution is 2.26. The Morgan fingerprint density at radius 2 is 2.08 bits per heavy atom. The fourth-order valence-electron chi connectivity index (χ4n) is 2.40. The van der Waals surface area contributed by atoms with Gasteiger partial charge in [-0.15, -0.1) is 0 Å². The first-order valence-corrected chi connectivity index (χ1v) is 9.94. The van der Waals surface area contributed by atoms with Crippen LogP contribution in [0.15, 0.2) is 29.7 Å². The molecule has 0 radical (unpaired) electrons. The summed E-state index contributed by atoms with van der Waals surface area (Å²) in [6, 6.07) is 4.55. The van der Waals surface area contributed by atoms with Gasteiger partial charge in [-0.25, -0.2) is 8.42 Å². The molecule has 0 fully saturated rings. The molecule has 1 aromatic rings. The summed E-state index contributed by atoms with van der Waals surface area (Å²) in [6.07, 6.45) is 1.38. The summed E-state index contributed by atoms with van der Waals surface area (Å²) >= 11 is 11.9.